The van der Waals surface area contributed by atoms with Crippen LogP contribution in [-0.4, -0.2) is 31.6 Å². The third kappa shape index (κ3) is 3.93. The zero-order valence-electron chi connectivity index (χ0n) is 11.4. The molecule has 96 valence electrons. The topological polar surface area (TPSA) is 29.3 Å². The number of aryl methyl sites for hydroxylation is 1. The van der Waals surface area contributed by atoms with Gasteiger partial charge < -0.3 is 10.6 Å². The lowest BCUT2D eigenvalue weighted by Crippen LogP contribution is -2.31. The van der Waals surface area contributed by atoms with E-state index in [-0.39, 0.29) is 0 Å². The monoisotopic (exact) mass is 252 g/mol. The summed E-state index contributed by atoms with van der Waals surface area (Å²) in [6, 6.07) is 7.20. The summed E-state index contributed by atoms with van der Waals surface area (Å²) in [5, 5.41) is 0. The molecule has 0 amide bonds. The van der Waals surface area contributed by atoms with Crippen LogP contribution in [0.25, 0.3) is 0 Å². The lowest BCUT2D eigenvalue weighted by atomic mass is 10.0. The van der Waals surface area contributed by atoms with E-state index in [1.165, 1.54) is 16.8 Å². The average Bonchev–Trinajstić information content (AvgIpc) is 2.29. The molecule has 0 radical (unpaired) electrons. The quantitative estimate of drug-likeness (QED) is 0.844. The average molecular weight is 252 g/mol. The van der Waals surface area contributed by atoms with E-state index in [1.807, 2.05) is 11.8 Å². The van der Waals surface area contributed by atoms with Crippen molar-refractivity contribution >= 4 is 17.4 Å². The highest BCUT2D eigenvalue weighted by Gasteiger charge is 2.12. The molecule has 0 saturated carbocycles. The maximum atomic E-state index is 5.69. The van der Waals surface area contributed by atoms with E-state index in [4.69, 9.17) is 5.73 Å². The number of anilines is 1. The van der Waals surface area contributed by atoms with E-state index in [2.05, 4.69) is 50.2 Å². The first-order chi connectivity index (χ1) is 8.10. The molecule has 0 bridgehead atoms. The second-order valence-electron chi connectivity index (χ2n) is 4.59. The van der Waals surface area contributed by atoms with Gasteiger partial charge in [-0.05, 0) is 44.7 Å². The zero-order chi connectivity index (χ0) is 12.8. The van der Waals surface area contributed by atoms with Gasteiger partial charge >= 0.3 is 0 Å². The van der Waals surface area contributed by atoms with Gasteiger partial charge in [0.15, 0.2) is 0 Å². The van der Waals surface area contributed by atoms with E-state index in [0.717, 1.165) is 12.2 Å². The number of rotatable bonds is 6. The van der Waals surface area contributed by atoms with Gasteiger partial charge in [0.05, 0.1) is 0 Å². The Hall–Kier alpha value is -0.670. The smallest absolute Gasteiger partial charge is 0.0399 e. The molecule has 2 N–H and O–H groups in total. The summed E-state index contributed by atoms with van der Waals surface area (Å²) in [7, 11) is 2.17. The van der Waals surface area contributed by atoms with Crippen LogP contribution in [0.2, 0.25) is 0 Å². The molecule has 0 aromatic heterocycles. The third-order valence-corrected chi connectivity index (χ3v) is 3.91. The summed E-state index contributed by atoms with van der Waals surface area (Å²) in [4.78, 5) is 2.36. The first-order valence-corrected chi connectivity index (χ1v) is 7.51. The van der Waals surface area contributed by atoms with Gasteiger partial charge in [0.1, 0.15) is 0 Å². The van der Waals surface area contributed by atoms with Gasteiger partial charge in [0, 0.05) is 24.5 Å². The minimum Gasteiger partial charge on any atom is -0.371 e. The van der Waals surface area contributed by atoms with E-state index in [9.17, 15) is 0 Å². The van der Waals surface area contributed by atoms with Crippen LogP contribution >= 0.6 is 11.8 Å². The SMILES string of the molecule is CSCC(C)N(C)c1ccc(C)cc1CCN. The minimum atomic E-state index is 0.546. The summed E-state index contributed by atoms with van der Waals surface area (Å²) >= 11 is 1.89. The molecule has 0 aliphatic rings. The molecule has 17 heavy (non-hydrogen) atoms. The molecule has 0 aliphatic heterocycles. The van der Waals surface area contributed by atoms with Crippen molar-refractivity contribution in [1.29, 1.82) is 0 Å². The first kappa shape index (κ1) is 14.4. The molecule has 1 aromatic rings. The van der Waals surface area contributed by atoms with Gasteiger partial charge in [0.25, 0.3) is 0 Å². The molecule has 0 saturated heterocycles. The minimum absolute atomic E-state index is 0.546. The largest absolute Gasteiger partial charge is 0.371 e. The van der Waals surface area contributed by atoms with Crippen LogP contribution in [0.15, 0.2) is 18.2 Å². The fourth-order valence-corrected chi connectivity index (χ4v) is 2.71. The Morgan fingerprint density at radius 3 is 2.71 bits per heavy atom. The van der Waals surface area contributed by atoms with Crippen LogP contribution in [0.4, 0.5) is 5.69 Å². The summed E-state index contributed by atoms with van der Waals surface area (Å²) in [6.07, 6.45) is 3.10. The Morgan fingerprint density at radius 1 is 1.41 bits per heavy atom. The summed E-state index contributed by atoms with van der Waals surface area (Å²) in [6.45, 7) is 5.11. The maximum Gasteiger partial charge on any atom is 0.0399 e. The van der Waals surface area contributed by atoms with Crippen molar-refractivity contribution in [3.63, 3.8) is 0 Å². The Balaban J connectivity index is 2.94. The fraction of sp³-hybridized carbons (Fsp3) is 0.571. The van der Waals surface area contributed by atoms with Crippen LogP contribution in [0.1, 0.15) is 18.1 Å². The number of hydrogen-bond acceptors (Lipinski definition) is 3. The van der Waals surface area contributed by atoms with Crippen molar-refractivity contribution in [3.8, 4) is 0 Å². The lowest BCUT2D eigenvalue weighted by molar-refractivity contribution is 0.758. The van der Waals surface area contributed by atoms with Crippen LogP contribution in [0.5, 0.6) is 0 Å². The molecular weight excluding hydrogens is 228 g/mol. The molecular formula is C14H24N2S. The summed E-state index contributed by atoms with van der Waals surface area (Å²) in [5.41, 5.74) is 9.69. The maximum absolute atomic E-state index is 5.69. The highest BCUT2D eigenvalue weighted by molar-refractivity contribution is 7.98. The van der Waals surface area contributed by atoms with Gasteiger partial charge in [-0.15, -0.1) is 0 Å². The lowest BCUT2D eigenvalue weighted by Gasteiger charge is -2.29. The van der Waals surface area contributed by atoms with Crippen LogP contribution in [0.3, 0.4) is 0 Å². The Labute approximate surface area is 110 Å². The molecule has 3 heteroatoms. The van der Waals surface area contributed by atoms with Crippen molar-refractivity contribution in [2.45, 2.75) is 26.3 Å². The first-order valence-electron chi connectivity index (χ1n) is 6.11. The standard InChI is InChI=1S/C14H24N2S/c1-11-5-6-14(13(9-11)7-8-15)16(3)12(2)10-17-4/h5-6,9,12H,7-8,10,15H2,1-4H3. The predicted molar refractivity (Wildman–Crippen MR) is 80.2 cm³/mol. The van der Waals surface area contributed by atoms with E-state index in [1.54, 1.807) is 0 Å². The van der Waals surface area contributed by atoms with E-state index < -0.39 is 0 Å². The van der Waals surface area contributed by atoms with Gasteiger partial charge in [-0.1, -0.05) is 17.7 Å². The van der Waals surface area contributed by atoms with Gasteiger partial charge in [-0.2, -0.15) is 11.8 Å². The normalized spacial score (nSPS) is 12.5. The van der Waals surface area contributed by atoms with Crippen molar-refractivity contribution in [3.05, 3.63) is 29.3 Å². The molecule has 1 unspecified atom stereocenters. The van der Waals surface area contributed by atoms with E-state index in [0.29, 0.717) is 12.6 Å². The number of hydrogen-bond donors (Lipinski definition) is 1. The highest BCUT2D eigenvalue weighted by Crippen LogP contribution is 2.23. The van der Waals surface area contributed by atoms with Gasteiger partial charge in [-0.25, -0.2) is 0 Å². The van der Waals surface area contributed by atoms with Crippen molar-refractivity contribution in [2.75, 3.05) is 30.5 Å². The zero-order valence-corrected chi connectivity index (χ0v) is 12.2. The second-order valence-corrected chi connectivity index (χ2v) is 5.50. The molecule has 0 aliphatic carbocycles. The fourth-order valence-electron chi connectivity index (χ4n) is 2.00. The Bertz CT molecular complexity index is 352. The Kier molecular flexibility index (Phi) is 5.86. The second kappa shape index (κ2) is 6.92. The number of nitrogens with two attached hydrogens (primary N) is 1. The van der Waals surface area contributed by atoms with Crippen molar-refractivity contribution < 1.29 is 0 Å². The molecule has 2 nitrogen and oxygen atoms in total. The van der Waals surface area contributed by atoms with Gasteiger partial charge in [-0.3, -0.25) is 0 Å². The Morgan fingerprint density at radius 2 is 2.12 bits per heavy atom. The van der Waals surface area contributed by atoms with Gasteiger partial charge in [0.2, 0.25) is 0 Å². The molecule has 1 atom stereocenters. The van der Waals surface area contributed by atoms with Crippen LogP contribution < -0.4 is 10.6 Å². The highest BCUT2D eigenvalue weighted by atomic mass is 32.2. The summed E-state index contributed by atoms with van der Waals surface area (Å²) in [5.74, 6) is 1.15. The summed E-state index contributed by atoms with van der Waals surface area (Å²) < 4.78 is 0. The number of benzene rings is 1. The third-order valence-electron chi connectivity index (χ3n) is 3.10. The molecule has 1 rings (SSSR count). The van der Waals surface area contributed by atoms with Crippen LogP contribution in [-0.2, 0) is 6.42 Å². The molecule has 0 fully saturated rings. The van der Waals surface area contributed by atoms with Crippen molar-refractivity contribution in [2.24, 2.45) is 5.73 Å². The van der Waals surface area contributed by atoms with Crippen molar-refractivity contribution in [1.82, 2.24) is 0 Å². The number of nitrogens with zero attached hydrogens (tertiary/aromatic N) is 1. The number of thioether (sulfide) groups is 1. The van der Waals surface area contributed by atoms with Crippen LogP contribution in [0, 0.1) is 6.92 Å². The molecule has 1 aromatic carbocycles. The molecule has 0 heterocycles. The molecule has 0 spiro atoms. The van der Waals surface area contributed by atoms with E-state index >= 15 is 0 Å². The predicted octanol–water partition coefficient (Wildman–Crippen LogP) is 2.68.